The van der Waals surface area contributed by atoms with Crippen molar-refractivity contribution in [2.24, 2.45) is 0 Å². The monoisotopic (exact) mass is 479 g/mol. The van der Waals surface area contributed by atoms with Gasteiger partial charge in [0, 0.05) is 42.2 Å². The standard InChI is InChI=1S/C27H30ClN3O3/c1-5-14-34-27(33)30-12-13-31(18(3)16-30)26(32)21-10-11-22-23(15-21)29-25(19(4)24(22)28)20-8-6-17(2)7-9-20/h6-11,15,18H,5,12-14,16H2,1-4H3/t18-/m0/s1. The van der Waals surface area contributed by atoms with Crippen LogP contribution in [-0.4, -0.2) is 59.1 Å². The Kier molecular flexibility index (Phi) is 7.08. The summed E-state index contributed by atoms with van der Waals surface area (Å²) < 4.78 is 5.25. The van der Waals surface area contributed by atoms with Crippen molar-refractivity contribution in [3.63, 3.8) is 0 Å². The highest BCUT2D eigenvalue weighted by atomic mass is 35.5. The summed E-state index contributed by atoms with van der Waals surface area (Å²) in [5.74, 6) is -0.0774. The average Bonchev–Trinajstić information content (AvgIpc) is 2.84. The van der Waals surface area contributed by atoms with Crippen LogP contribution < -0.4 is 0 Å². The van der Waals surface area contributed by atoms with Gasteiger partial charge in [0.05, 0.1) is 22.8 Å². The van der Waals surface area contributed by atoms with Crippen LogP contribution in [-0.2, 0) is 4.74 Å². The molecule has 1 aromatic heterocycles. The SMILES string of the molecule is CCCOC(=O)N1CCN(C(=O)c2ccc3c(Cl)c(C)c(-c4ccc(C)cc4)nc3c2)[C@@H](C)C1. The average molecular weight is 480 g/mol. The molecule has 6 nitrogen and oxygen atoms in total. The number of ether oxygens (including phenoxy) is 1. The molecule has 7 heteroatoms. The summed E-state index contributed by atoms with van der Waals surface area (Å²) >= 11 is 6.71. The number of hydrogen-bond donors (Lipinski definition) is 0. The van der Waals surface area contributed by atoms with E-state index in [-0.39, 0.29) is 18.0 Å². The highest BCUT2D eigenvalue weighted by molar-refractivity contribution is 6.36. The second kappa shape index (κ2) is 10.0. The number of hydrogen-bond acceptors (Lipinski definition) is 4. The zero-order valence-corrected chi connectivity index (χ0v) is 20.9. The number of aromatic nitrogens is 1. The lowest BCUT2D eigenvalue weighted by Crippen LogP contribution is -2.55. The molecule has 0 aliphatic carbocycles. The van der Waals surface area contributed by atoms with Crippen molar-refractivity contribution in [1.29, 1.82) is 0 Å². The first-order valence-electron chi connectivity index (χ1n) is 11.7. The minimum Gasteiger partial charge on any atom is -0.449 e. The number of aryl methyl sites for hydroxylation is 1. The Morgan fingerprint density at radius 1 is 1.12 bits per heavy atom. The van der Waals surface area contributed by atoms with E-state index in [0.29, 0.717) is 42.3 Å². The van der Waals surface area contributed by atoms with Crippen LogP contribution in [0.2, 0.25) is 5.02 Å². The zero-order chi connectivity index (χ0) is 24.4. The Bertz CT molecular complexity index is 1230. The molecular weight excluding hydrogens is 450 g/mol. The second-order valence-corrected chi connectivity index (χ2v) is 9.28. The molecule has 0 saturated carbocycles. The zero-order valence-electron chi connectivity index (χ0n) is 20.1. The van der Waals surface area contributed by atoms with Gasteiger partial charge in [-0.2, -0.15) is 0 Å². The summed E-state index contributed by atoms with van der Waals surface area (Å²) in [4.78, 5) is 33.9. The van der Waals surface area contributed by atoms with Crippen molar-refractivity contribution in [3.8, 4) is 11.3 Å². The second-order valence-electron chi connectivity index (χ2n) is 8.91. The van der Waals surface area contributed by atoms with Crippen LogP contribution in [0.25, 0.3) is 22.2 Å². The number of amides is 2. The van der Waals surface area contributed by atoms with Crippen LogP contribution in [0.4, 0.5) is 4.79 Å². The maximum atomic E-state index is 13.4. The van der Waals surface area contributed by atoms with E-state index in [1.54, 1.807) is 15.9 Å². The third kappa shape index (κ3) is 4.73. The summed E-state index contributed by atoms with van der Waals surface area (Å²) in [6.45, 7) is 9.68. The Labute approximate surface area is 205 Å². The van der Waals surface area contributed by atoms with E-state index in [1.165, 1.54) is 5.56 Å². The van der Waals surface area contributed by atoms with Crippen molar-refractivity contribution in [2.75, 3.05) is 26.2 Å². The molecule has 4 rings (SSSR count). The number of pyridine rings is 1. The van der Waals surface area contributed by atoms with Gasteiger partial charge in [0.2, 0.25) is 0 Å². The lowest BCUT2D eigenvalue weighted by atomic mass is 10.0. The molecule has 3 aromatic rings. The number of nitrogens with zero attached hydrogens (tertiary/aromatic N) is 3. The maximum absolute atomic E-state index is 13.4. The fraction of sp³-hybridized carbons (Fsp3) is 0.370. The molecule has 2 heterocycles. The normalized spacial score (nSPS) is 16.1. The minimum atomic E-state index is -0.315. The van der Waals surface area contributed by atoms with Crippen LogP contribution in [0, 0.1) is 13.8 Å². The molecule has 2 amide bonds. The number of benzene rings is 2. The Morgan fingerprint density at radius 2 is 1.85 bits per heavy atom. The molecule has 0 bridgehead atoms. The summed E-state index contributed by atoms with van der Waals surface area (Å²) in [7, 11) is 0. The summed E-state index contributed by atoms with van der Waals surface area (Å²) in [6.07, 6.45) is 0.467. The first-order chi connectivity index (χ1) is 16.3. The fourth-order valence-corrected chi connectivity index (χ4v) is 4.57. The van der Waals surface area contributed by atoms with Gasteiger partial charge in [-0.25, -0.2) is 9.78 Å². The van der Waals surface area contributed by atoms with Crippen LogP contribution in [0.1, 0.15) is 41.8 Å². The molecule has 1 atom stereocenters. The molecule has 1 aliphatic rings. The largest absolute Gasteiger partial charge is 0.449 e. The number of fused-ring (bicyclic) bond motifs is 1. The van der Waals surface area contributed by atoms with E-state index in [9.17, 15) is 9.59 Å². The van der Waals surface area contributed by atoms with E-state index in [2.05, 4.69) is 0 Å². The smallest absolute Gasteiger partial charge is 0.409 e. The van der Waals surface area contributed by atoms with Gasteiger partial charge >= 0.3 is 6.09 Å². The van der Waals surface area contributed by atoms with Gasteiger partial charge in [-0.05, 0) is 44.9 Å². The van der Waals surface area contributed by atoms with Gasteiger partial charge in [-0.1, -0.05) is 54.4 Å². The van der Waals surface area contributed by atoms with Gasteiger partial charge in [-0.15, -0.1) is 0 Å². The third-order valence-corrected chi connectivity index (χ3v) is 6.79. The number of halogens is 1. The Morgan fingerprint density at radius 3 is 2.53 bits per heavy atom. The molecule has 1 saturated heterocycles. The predicted molar refractivity (Wildman–Crippen MR) is 135 cm³/mol. The highest BCUT2D eigenvalue weighted by Crippen LogP contribution is 2.33. The fourth-order valence-electron chi connectivity index (χ4n) is 4.32. The van der Waals surface area contributed by atoms with Gasteiger partial charge in [-0.3, -0.25) is 4.79 Å². The first kappa shape index (κ1) is 24.0. The van der Waals surface area contributed by atoms with E-state index in [4.69, 9.17) is 21.3 Å². The van der Waals surface area contributed by atoms with Crippen molar-refractivity contribution in [2.45, 2.75) is 40.2 Å². The molecule has 0 N–H and O–H groups in total. The van der Waals surface area contributed by atoms with Crippen LogP contribution >= 0.6 is 11.6 Å². The van der Waals surface area contributed by atoms with Crippen molar-refractivity contribution in [3.05, 3.63) is 64.2 Å². The Balaban J connectivity index is 1.60. The quantitative estimate of drug-likeness (QED) is 0.469. The van der Waals surface area contributed by atoms with Crippen LogP contribution in [0.3, 0.4) is 0 Å². The number of carbonyl (C=O) groups excluding carboxylic acids is 2. The van der Waals surface area contributed by atoms with E-state index in [0.717, 1.165) is 28.6 Å². The van der Waals surface area contributed by atoms with Gasteiger partial charge in [0.25, 0.3) is 5.91 Å². The number of carbonyl (C=O) groups is 2. The molecule has 0 unspecified atom stereocenters. The first-order valence-corrected chi connectivity index (χ1v) is 12.1. The summed E-state index contributed by atoms with van der Waals surface area (Å²) in [6, 6.07) is 13.5. The van der Waals surface area contributed by atoms with E-state index in [1.807, 2.05) is 64.1 Å². The molecule has 1 fully saturated rings. The topological polar surface area (TPSA) is 62.7 Å². The van der Waals surface area contributed by atoms with Gasteiger partial charge < -0.3 is 14.5 Å². The molecular formula is C27H30ClN3O3. The Hall–Kier alpha value is -3.12. The lowest BCUT2D eigenvalue weighted by molar-refractivity contribution is 0.0414. The lowest BCUT2D eigenvalue weighted by Gasteiger charge is -2.39. The van der Waals surface area contributed by atoms with Crippen LogP contribution in [0.5, 0.6) is 0 Å². The number of rotatable bonds is 4. The predicted octanol–water partition coefficient (Wildman–Crippen LogP) is 5.86. The van der Waals surface area contributed by atoms with Crippen LogP contribution in [0.15, 0.2) is 42.5 Å². The maximum Gasteiger partial charge on any atom is 0.409 e. The summed E-state index contributed by atoms with van der Waals surface area (Å²) in [5.41, 5.74) is 5.14. The third-order valence-electron chi connectivity index (χ3n) is 6.30. The minimum absolute atomic E-state index is 0.0774. The van der Waals surface area contributed by atoms with Crippen molar-refractivity contribution in [1.82, 2.24) is 14.8 Å². The summed E-state index contributed by atoms with van der Waals surface area (Å²) in [5, 5.41) is 1.47. The van der Waals surface area contributed by atoms with Gasteiger partial charge in [0.15, 0.2) is 0 Å². The molecule has 34 heavy (non-hydrogen) atoms. The number of piperazine rings is 1. The van der Waals surface area contributed by atoms with Crippen molar-refractivity contribution < 1.29 is 14.3 Å². The molecule has 2 aromatic carbocycles. The molecule has 0 radical (unpaired) electrons. The molecule has 0 spiro atoms. The van der Waals surface area contributed by atoms with Crippen molar-refractivity contribution >= 4 is 34.5 Å². The van der Waals surface area contributed by atoms with Gasteiger partial charge in [0.1, 0.15) is 0 Å². The van der Waals surface area contributed by atoms with E-state index < -0.39 is 0 Å². The van der Waals surface area contributed by atoms with E-state index >= 15 is 0 Å². The molecule has 1 aliphatic heterocycles. The highest BCUT2D eigenvalue weighted by Gasteiger charge is 2.31. The molecule has 178 valence electrons.